The van der Waals surface area contributed by atoms with Gasteiger partial charge in [0.2, 0.25) is 5.82 Å². The third-order valence-corrected chi connectivity index (χ3v) is 4.43. The van der Waals surface area contributed by atoms with Crippen LogP contribution in [0.2, 0.25) is 0 Å². The SMILES string of the molecule is O=C(Cn1c(C(F)(F)F)nc2ccccc21)OCN1C(=O)c2ccccc2C1=O. The topological polar surface area (TPSA) is 81.5 Å². The standard InChI is InChI=1S/C19H12F3N3O4/c20-19(21,22)18-23-13-7-3-4-8-14(13)24(18)9-15(26)29-10-25-16(27)11-5-1-2-6-12(11)17(25)28/h1-8H,9-10H2. The van der Waals surface area contributed by atoms with Crippen LogP contribution in [-0.2, 0) is 22.3 Å². The van der Waals surface area contributed by atoms with Gasteiger partial charge in [0.1, 0.15) is 6.54 Å². The van der Waals surface area contributed by atoms with Gasteiger partial charge in [-0.25, -0.2) is 9.88 Å². The van der Waals surface area contributed by atoms with Crippen LogP contribution >= 0.6 is 0 Å². The summed E-state index contributed by atoms with van der Waals surface area (Å²) in [5, 5.41) is 0. The van der Waals surface area contributed by atoms with Gasteiger partial charge in [0.25, 0.3) is 11.8 Å². The number of ether oxygens (including phenoxy) is 1. The van der Waals surface area contributed by atoms with E-state index in [1.54, 1.807) is 12.1 Å². The molecular formula is C19H12F3N3O4. The fourth-order valence-corrected chi connectivity index (χ4v) is 3.12. The van der Waals surface area contributed by atoms with Gasteiger partial charge in [-0.2, -0.15) is 13.2 Å². The first kappa shape index (κ1) is 18.7. The molecule has 1 aliphatic heterocycles. The lowest BCUT2D eigenvalue weighted by molar-refractivity contribution is -0.152. The fourth-order valence-electron chi connectivity index (χ4n) is 3.12. The van der Waals surface area contributed by atoms with Crippen LogP contribution in [0.25, 0.3) is 11.0 Å². The molecule has 29 heavy (non-hydrogen) atoms. The number of aromatic nitrogens is 2. The van der Waals surface area contributed by atoms with Crippen LogP contribution in [0.1, 0.15) is 26.5 Å². The number of imidazole rings is 1. The fraction of sp³-hybridized carbons (Fsp3) is 0.158. The largest absolute Gasteiger partial charge is 0.449 e. The summed E-state index contributed by atoms with van der Waals surface area (Å²) in [7, 11) is 0. The number of amides is 2. The number of nitrogens with zero attached hydrogens (tertiary/aromatic N) is 3. The van der Waals surface area contributed by atoms with Gasteiger partial charge in [-0.3, -0.25) is 14.4 Å². The quantitative estimate of drug-likeness (QED) is 0.494. The van der Waals surface area contributed by atoms with Crippen LogP contribution in [0.5, 0.6) is 0 Å². The van der Waals surface area contributed by atoms with E-state index in [1.807, 2.05) is 0 Å². The Hall–Kier alpha value is -3.69. The Bertz CT molecular complexity index is 1120. The maximum absolute atomic E-state index is 13.3. The highest BCUT2D eigenvalue weighted by Gasteiger charge is 2.39. The van der Waals surface area contributed by atoms with Gasteiger partial charge in [-0.15, -0.1) is 0 Å². The van der Waals surface area contributed by atoms with Crippen LogP contribution in [0.3, 0.4) is 0 Å². The van der Waals surface area contributed by atoms with Gasteiger partial charge in [0.15, 0.2) is 6.73 Å². The Morgan fingerprint density at radius 1 is 0.966 bits per heavy atom. The summed E-state index contributed by atoms with van der Waals surface area (Å²) in [5.41, 5.74) is 0.535. The molecule has 1 aromatic heterocycles. The number of hydrogen-bond acceptors (Lipinski definition) is 5. The number of imide groups is 1. The molecule has 0 aliphatic carbocycles. The third-order valence-electron chi connectivity index (χ3n) is 4.43. The summed E-state index contributed by atoms with van der Waals surface area (Å²) in [6.07, 6.45) is -4.78. The highest BCUT2D eigenvalue weighted by Crippen LogP contribution is 2.31. The molecule has 4 rings (SSSR count). The summed E-state index contributed by atoms with van der Waals surface area (Å²) in [5.74, 6) is -3.56. The van der Waals surface area contributed by atoms with Crippen LogP contribution in [0, 0.1) is 0 Å². The summed E-state index contributed by atoms with van der Waals surface area (Å²) < 4.78 is 45.5. The Labute approximate surface area is 161 Å². The van der Waals surface area contributed by atoms with E-state index in [4.69, 9.17) is 4.74 Å². The minimum Gasteiger partial charge on any atom is -0.442 e. The number of rotatable bonds is 4. The number of hydrogen-bond donors (Lipinski definition) is 0. The monoisotopic (exact) mass is 403 g/mol. The number of benzene rings is 2. The minimum absolute atomic E-state index is 0.0768. The number of carbonyl (C=O) groups excluding carboxylic acids is 3. The molecule has 3 aromatic rings. The summed E-state index contributed by atoms with van der Waals surface area (Å²) in [6, 6.07) is 11.9. The van der Waals surface area contributed by atoms with Crippen molar-refractivity contribution in [3.05, 3.63) is 65.5 Å². The van der Waals surface area contributed by atoms with E-state index in [2.05, 4.69) is 4.98 Å². The van der Waals surface area contributed by atoms with Crippen molar-refractivity contribution in [2.45, 2.75) is 12.7 Å². The number of carbonyl (C=O) groups is 3. The Balaban J connectivity index is 1.52. The molecule has 2 aromatic carbocycles. The van der Waals surface area contributed by atoms with E-state index in [-0.39, 0.29) is 22.2 Å². The molecule has 0 N–H and O–H groups in total. The van der Waals surface area contributed by atoms with E-state index in [0.717, 1.165) is 4.90 Å². The molecule has 0 saturated carbocycles. The molecule has 148 valence electrons. The van der Waals surface area contributed by atoms with Crippen molar-refractivity contribution >= 4 is 28.8 Å². The summed E-state index contributed by atoms with van der Waals surface area (Å²) in [6.45, 7) is -1.47. The van der Waals surface area contributed by atoms with Gasteiger partial charge in [-0.05, 0) is 24.3 Å². The highest BCUT2D eigenvalue weighted by atomic mass is 19.4. The maximum Gasteiger partial charge on any atom is 0.449 e. The molecule has 2 amide bonds. The zero-order valence-corrected chi connectivity index (χ0v) is 14.6. The Morgan fingerprint density at radius 3 is 2.17 bits per heavy atom. The number of halogens is 3. The molecule has 0 saturated heterocycles. The first-order valence-corrected chi connectivity index (χ1v) is 8.40. The number of esters is 1. The number of alkyl halides is 3. The van der Waals surface area contributed by atoms with Crippen LogP contribution in [0.4, 0.5) is 13.2 Å². The predicted molar refractivity (Wildman–Crippen MR) is 92.6 cm³/mol. The van der Waals surface area contributed by atoms with E-state index in [1.165, 1.54) is 36.4 Å². The molecule has 0 fully saturated rings. The van der Waals surface area contributed by atoms with E-state index >= 15 is 0 Å². The van der Waals surface area contributed by atoms with Crippen molar-refractivity contribution in [2.75, 3.05) is 6.73 Å². The molecule has 0 radical (unpaired) electrons. The molecule has 2 heterocycles. The van der Waals surface area contributed by atoms with Crippen molar-refractivity contribution in [3.63, 3.8) is 0 Å². The second-order valence-electron chi connectivity index (χ2n) is 6.24. The normalized spacial score (nSPS) is 13.8. The predicted octanol–water partition coefficient (Wildman–Crippen LogP) is 2.85. The van der Waals surface area contributed by atoms with Gasteiger partial charge in [0.05, 0.1) is 22.2 Å². The van der Waals surface area contributed by atoms with E-state index < -0.39 is 43.1 Å². The lowest BCUT2D eigenvalue weighted by atomic mass is 10.1. The van der Waals surface area contributed by atoms with Gasteiger partial charge in [-0.1, -0.05) is 24.3 Å². The number of para-hydroxylation sites is 2. The molecule has 1 aliphatic rings. The van der Waals surface area contributed by atoms with Crippen molar-refractivity contribution < 1.29 is 32.3 Å². The summed E-state index contributed by atoms with van der Waals surface area (Å²) >= 11 is 0. The van der Waals surface area contributed by atoms with E-state index in [0.29, 0.717) is 4.57 Å². The first-order valence-electron chi connectivity index (χ1n) is 8.40. The lowest BCUT2D eigenvalue weighted by Gasteiger charge is -2.15. The van der Waals surface area contributed by atoms with Crippen molar-refractivity contribution in [2.24, 2.45) is 0 Å². The second-order valence-corrected chi connectivity index (χ2v) is 6.24. The van der Waals surface area contributed by atoms with Crippen LogP contribution < -0.4 is 0 Å². The van der Waals surface area contributed by atoms with Crippen LogP contribution in [-0.4, -0.2) is 39.0 Å². The number of fused-ring (bicyclic) bond motifs is 2. The minimum atomic E-state index is -4.78. The van der Waals surface area contributed by atoms with Gasteiger partial charge < -0.3 is 9.30 Å². The molecule has 0 unspecified atom stereocenters. The maximum atomic E-state index is 13.3. The van der Waals surface area contributed by atoms with Crippen molar-refractivity contribution in [3.8, 4) is 0 Å². The third kappa shape index (κ3) is 3.22. The zero-order valence-electron chi connectivity index (χ0n) is 14.6. The van der Waals surface area contributed by atoms with Gasteiger partial charge >= 0.3 is 12.1 Å². The molecule has 7 nitrogen and oxygen atoms in total. The molecular weight excluding hydrogens is 391 g/mol. The molecule has 10 heteroatoms. The van der Waals surface area contributed by atoms with Crippen molar-refractivity contribution in [1.29, 1.82) is 0 Å². The molecule has 0 bridgehead atoms. The Morgan fingerprint density at radius 2 is 1.55 bits per heavy atom. The highest BCUT2D eigenvalue weighted by molar-refractivity contribution is 6.21. The molecule has 0 atom stereocenters. The average molecular weight is 403 g/mol. The lowest BCUT2D eigenvalue weighted by Crippen LogP contribution is -2.34. The van der Waals surface area contributed by atoms with Gasteiger partial charge in [0, 0.05) is 0 Å². The van der Waals surface area contributed by atoms with Crippen molar-refractivity contribution in [1.82, 2.24) is 14.5 Å². The average Bonchev–Trinajstić information content (AvgIpc) is 3.17. The van der Waals surface area contributed by atoms with Crippen LogP contribution in [0.15, 0.2) is 48.5 Å². The van der Waals surface area contributed by atoms with E-state index in [9.17, 15) is 27.6 Å². The first-order chi connectivity index (χ1) is 13.8. The molecule has 0 spiro atoms. The summed E-state index contributed by atoms with van der Waals surface area (Å²) in [4.78, 5) is 40.9. The zero-order chi connectivity index (χ0) is 20.8. The smallest absolute Gasteiger partial charge is 0.442 e. The second kappa shape index (κ2) is 6.73. The Kier molecular flexibility index (Phi) is 4.33.